The fourth-order valence-corrected chi connectivity index (χ4v) is 1.41. The normalized spacial score (nSPS) is 22.5. The average Bonchev–Trinajstić information content (AvgIpc) is 2.75. The molecule has 1 heterocycles. The molecule has 4 nitrogen and oxygen atoms in total. The van der Waals surface area contributed by atoms with Gasteiger partial charge < -0.3 is 5.32 Å². The van der Waals surface area contributed by atoms with Gasteiger partial charge in [-0.05, 0) is 17.9 Å². The highest BCUT2D eigenvalue weighted by atomic mass is 15.2. The molecular weight excluding hydrogens is 176 g/mol. The molecule has 4 heteroatoms. The summed E-state index contributed by atoms with van der Waals surface area (Å²) in [6.45, 7) is 4.38. The number of anilines is 1. The minimum atomic E-state index is 0.324. The van der Waals surface area contributed by atoms with Gasteiger partial charge >= 0.3 is 0 Å². The molecule has 14 heavy (non-hydrogen) atoms. The third kappa shape index (κ3) is 1.53. The Morgan fingerprint density at radius 3 is 2.93 bits per heavy atom. The van der Waals surface area contributed by atoms with Crippen LogP contribution in [-0.2, 0) is 0 Å². The predicted octanol–water partition coefficient (Wildman–Crippen LogP) is 1.56. The Kier molecular flexibility index (Phi) is 1.88. The highest BCUT2D eigenvalue weighted by molar-refractivity contribution is 5.52. The third-order valence-electron chi connectivity index (χ3n) is 2.67. The van der Waals surface area contributed by atoms with Gasteiger partial charge in [0, 0.05) is 6.04 Å². The van der Waals surface area contributed by atoms with Gasteiger partial charge in [-0.15, -0.1) is 5.10 Å². The molecule has 1 atom stereocenters. The predicted molar refractivity (Wildman–Crippen MR) is 52.6 cm³/mol. The Balaban J connectivity index is 2.15. The number of nitrogens with zero attached hydrogens (tertiary/aromatic N) is 3. The first-order chi connectivity index (χ1) is 6.63. The molecule has 2 rings (SSSR count). The van der Waals surface area contributed by atoms with Gasteiger partial charge in [-0.25, -0.2) is 0 Å². The van der Waals surface area contributed by atoms with Crippen LogP contribution in [0.1, 0.15) is 25.8 Å². The lowest BCUT2D eigenvalue weighted by Crippen LogP contribution is -2.11. The molecule has 0 aliphatic heterocycles. The van der Waals surface area contributed by atoms with E-state index in [9.17, 15) is 0 Å². The van der Waals surface area contributed by atoms with E-state index in [2.05, 4.69) is 35.4 Å². The van der Waals surface area contributed by atoms with Crippen molar-refractivity contribution < 1.29 is 0 Å². The van der Waals surface area contributed by atoms with E-state index in [-0.39, 0.29) is 0 Å². The first kappa shape index (κ1) is 8.95. The molecule has 1 saturated carbocycles. The summed E-state index contributed by atoms with van der Waals surface area (Å²) in [5, 5.41) is 19.7. The monoisotopic (exact) mass is 188 g/mol. The molecule has 1 aliphatic rings. The van der Waals surface area contributed by atoms with Crippen molar-refractivity contribution in [1.29, 1.82) is 5.26 Å². The molecule has 0 radical (unpaired) electrons. The zero-order valence-corrected chi connectivity index (χ0v) is 8.28. The molecule has 0 spiro atoms. The highest BCUT2D eigenvalue weighted by Gasteiger charge is 2.46. The highest BCUT2D eigenvalue weighted by Crippen LogP contribution is 2.46. The maximum atomic E-state index is 8.82. The molecule has 0 amide bonds. The Hall–Kier alpha value is -1.63. The minimum absolute atomic E-state index is 0.324. The summed E-state index contributed by atoms with van der Waals surface area (Å²) >= 11 is 0. The maximum absolute atomic E-state index is 8.82. The maximum Gasteiger partial charge on any atom is 0.166 e. The van der Waals surface area contributed by atoms with Gasteiger partial charge in [0.15, 0.2) is 5.82 Å². The van der Waals surface area contributed by atoms with Gasteiger partial charge in [0.1, 0.15) is 6.07 Å². The smallest absolute Gasteiger partial charge is 0.166 e. The van der Waals surface area contributed by atoms with Crippen molar-refractivity contribution in [3.63, 3.8) is 0 Å². The molecule has 1 N–H and O–H groups in total. The number of aromatic nitrogens is 2. The van der Waals surface area contributed by atoms with Crippen molar-refractivity contribution in [2.45, 2.75) is 26.3 Å². The van der Waals surface area contributed by atoms with Crippen LogP contribution in [0.25, 0.3) is 0 Å². The van der Waals surface area contributed by atoms with Crippen molar-refractivity contribution in [3.8, 4) is 6.07 Å². The Bertz CT molecular complexity index is 391. The Labute approximate surface area is 83.0 Å². The Morgan fingerprint density at radius 2 is 2.36 bits per heavy atom. The molecule has 1 fully saturated rings. The van der Waals surface area contributed by atoms with Crippen molar-refractivity contribution in [3.05, 3.63) is 17.8 Å². The van der Waals surface area contributed by atoms with Crippen LogP contribution < -0.4 is 5.32 Å². The Morgan fingerprint density at radius 1 is 1.64 bits per heavy atom. The van der Waals surface area contributed by atoms with E-state index >= 15 is 0 Å². The molecule has 1 unspecified atom stereocenters. The summed E-state index contributed by atoms with van der Waals surface area (Å²) in [7, 11) is 0. The van der Waals surface area contributed by atoms with Gasteiger partial charge in [-0.3, -0.25) is 0 Å². The van der Waals surface area contributed by atoms with E-state index < -0.39 is 0 Å². The summed E-state index contributed by atoms with van der Waals surface area (Å²) < 4.78 is 0. The van der Waals surface area contributed by atoms with Crippen LogP contribution in [0.3, 0.4) is 0 Å². The standard InChI is InChI=1S/C10H12N4/c1-10(2)5-8(10)13-9-7(6-11)3-4-12-14-9/h3-4,8H,5H2,1-2H3,(H,13,14). The summed E-state index contributed by atoms with van der Waals surface area (Å²) in [4.78, 5) is 0. The van der Waals surface area contributed by atoms with Crippen molar-refractivity contribution in [2.75, 3.05) is 5.32 Å². The molecular formula is C10H12N4. The van der Waals surface area contributed by atoms with Gasteiger partial charge in [0.2, 0.25) is 0 Å². The number of nitrogens with one attached hydrogen (secondary N) is 1. The van der Waals surface area contributed by atoms with Crippen molar-refractivity contribution in [1.82, 2.24) is 10.2 Å². The zero-order chi connectivity index (χ0) is 10.2. The molecule has 1 aromatic rings. The van der Waals surface area contributed by atoms with E-state index in [0.717, 1.165) is 6.42 Å². The summed E-state index contributed by atoms with van der Waals surface area (Å²) in [5.74, 6) is 0.602. The number of hydrogen-bond acceptors (Lipinski definition) is 4. The van der Waals surface area contributed by atoms with Crippen molar-refractivity contribution in [2.24, 2.45) is 5.41 Å². The van der Waals surface area contributed by atoms with E-state index in [1.807, 2.05) is 0 Å². The summed E-state index contributed by atoms with van der Waals surface area (Å²) in [6, 6.07) is 4.18. The summed E-state index contributed by atoms with van der Waals surface area (Å²) in [6.07, 6.45) is 2.65. The van der Waals surface area contributed by atoms with Crippen LogP contribution in [0.4, 0.5) is 5.82 Å². The fraction of sp³-hybridized carbons (Fsp3) is 0.500. The number of rotatable bonds is 2. The summed E-state index contributed by atoms with van der Waals surface area (Å²) in [5.41, 5.74) is 0.882. The molecule has 0 saturated heterocycles. The lowest BCUT2D eigenvalue weighted by Gasteiger charge is -2.06. The lowest BCUT2D eigenvalue weighted by molar-refractivity contribution is 0.629. The fourth-order valence-electron chi connectivity index (χ4n) is 1.41. The molecule has 1 aromatic heterocycles. The first-order valence-electron chi connectivity index (χ1n) is 4.62. The lowest BCUT2D eigenvalue weighted by atomic mass is 10.2. The first-order valence-corrected chi connectivity index (χ1v) is 4.62. The SMILES string of the molecule is CC1(C)CC1Nc1nnccc1C#N. The largest absolute Gasteiger partial charge is 0.364 e. The van der Waals surface area contributed by atoms with Crippen LogP contribution >= 0.6 is 0 Å². The second-order valence-electron chi connectivity index (χ2n) is 4.29. The minimum Gasteiger partial charge on any atom is -0.364 e. The quantitative estimate of drug-likeness (QED) is 0.765. The second kappa shape index (κ2) is 2.95. The van der Waals surface area contributed by atoms with E-state index in [0.29, 0.717) is 22.8 Å². The zero-order valence-electron chi connectivity index (χ0n) is 8.28. The number of hydrogen-bond donors (Lipinski definition) is 1. The van der Waals surface area contributed by atoms with Crippen LogP contribution in [0, 0.1) is 16.7 Å². The van der Waals surface area contributed by atoms with Gasteiger partial charge in [0.25, 0.3) is 0 Å². The molecule has 0 aromatic carbocycles. The van der Waals surface area contributed by atoms with Gasteiger partial charge in [-0.2, -0.15) is 10.4 Å². The molecule has 0 bridgehead atoms. The van der Waals surface area contributed by atoms with Crippen LogP contribution in [0.2, 0.25) is 0 Å². The molecule has 1 aliphatic carbocycles. The van der Waals surface area contributed by atoms with E-state index in [1.165, 1.54) is 6.20 Å². The van der Waals surface area contributed by atoms with Crippen LogP contribution in [0.5, 0.6) is 0 Å². The third-order valence-corrected chi connectivity index (χ3v) is 2.67. The number of nitriles is 1. The van der Waals surface area contributed by atoms with Crippen LogP contribution in [0.15, 0.2) is 12.3 Å². The average molecular weight is 188 g/mol. The topological polar surface area (TPSA) is 61.6 Å². The second-order valence-corrected chi connectivity index (χ2v) is 4.29. The van der Waals surface area contributed by atoms with E-state index in [1.54, 1.807) is 6.07 Å². The van der Waals surface area contributed by atoms with Crippen molar-refractivity contribution >= 4 is 5.82 Å². The van der Waals surface area contributed by atoms with E-state index in [4.69, 9.17) is 5.26 Å². The van der Waals surface area contributed by atoms with Crippen LogP contribution in [-0.4, -0.2) is 16.2 Å². The van der Waals surface area contributed by atoms with Gasteiger partial charge in [0.05, 0.1) is 11.8 Å². The van der Waals surface area contributed by atoms with Gasteiger partial charge in [-0.1, -0.05) is 13.8 Å². The molecule has 72 valence electrons.